The molecule has 180 valence electrons. The number of aliphatic hydroxyl groups is 2. The monoisotopic (exact) mass is 456 g/mol. The van der Waals surface area contributed by atoms with Gasteiger partial charge in [0.1, 0.15) is 18.1 Å². The number of aromatic nitrogens is 2. The second-order valence-electron chi connectivity index (χ2n) is 7.56. The van der Waals surface area contributed by atoms with Gasteiger partial charge in [-0.1, -0.05) is 20.3 Å². The number of aliphatic carboxylic acids is 1. The van der Waals surface area contributed by atoms with Gasteiger partial charge in [0.15, 0.2) is 0 Å². The van der Waals surface area contributed by atoms with Crippen molar-refractivity contribution in [1.82, 2.24) is 25.9 Å². The van der Waals surface area contributed by atoms with Crippen molar-refractivity contribution in [1.29, 1.82) is 0 Å². The zero-order valence-corrected chi connectivity index (χ0v) is 18.2. The summed E-state index contributed by atoms with van der Waals surface area (Å²) >= 11 is 0. The van der Waals surface area contributed by atoms with Crippen LogP contribution >= 0.6 is 0 Å². The lowest BCUT2D eigenvalue weighted by Gasteiger charge is -2.26. The number of rotatable bonds is 13. The molecule has 0 spiro atoms. The number of nitrogens with one attached hydrogen (secondary N) is 4. The van der Waals surface area contributed by atoms with Gasteiger partial charge < -0.3 is 42.0 Å². The van der Waals surface area contributed by atoms with E-state index in [4.69, 9.17) is 15.9 Å². The zero-order chi connectivity index (χ0) is 24.4. The number of nitrogens with two attached hydrogens (primary N) is 1. The largest absolute Gasteiger partial charge is 0.480 e. The molecule has 0 radical (unpaired) electrons. The van der Waals surface area contributed by atoms with Crippen LogP contribution in [-0.4, -0.2) is 85.9 Å². The maximum atomic E-state index is 12.9. The fraction of sp³-hybridized carbons (Fsp3) is 0.632. The minimum Gasteiger partial charge on any atom is -0.480 e. The maximum absolute atomic E-state index is 12.9. The van der Waals surface area contributed by atoms with Gasteiger partial charge in [-0.25, -0.2) is 9.78 Å². The summed E-state index contributed by atoms with van der Waals surface area (Å²) in [6.45, 7) is 4.01. The number of carboxylic acids is 1. The van der Waals surface area contributed by atoms with E-state index in [1.165, 1.54) is 19.4 Å². The summed E-state index contributed by atoms with van der Waals surface area (Å²) in [5.41, 5.74) is 6.46. The molecule has 1 aromatic heterocycles. The molecule has 0 aliphatic rings. The molecule has 0 fully saturated rings. The van der Waals surface area contributed by atoms with Crippen molar-refractivity contribution in [3.63, 3.8) is 0 Å². The Kier molecular flexibility index (Phi) is 10.7. The summed E-state index contributed by atoms with van der Waals surface area (Å²) in [5, 5.41) is 34.9. The number of H-pyrrole nitrogens is 1. The highest BCUT2D eigenvalue weighted by molar-refractivity contribution is 5.94. The van der Waals surface area contributed by atoms with E-state index in [1.807, 2.05) is 12.2 Å². The van der Waals surface area contributed by atoms with Crippen molar-refractivity contribution in [2.45, 2.75) is 63.9 Å². The van der Waals surface area contributed by atoms with E-state index >= 15 is 0 Å². The highest BCUT2D eigenvalue weighted by Gasteiger charge is 2.33. The minimum absolute atomic E-state index is 0.00661. The summed E-state index contributed by atoms with van der Waals surface area (Å²) in [6.07, 6.45) is 2.08. The molecule has 32 heavy (non-hydrogen) atoms. The SMILES string of the molecule is CCC(C)C(N)C(=O)NC(Cc1cnc[nH]1)C(=O)NC(C(=O)NC(CO)C(=O)O)C(C)O. The van der Waals surface area contributed by atoms with Crippen LogP contribution in [0.1, 0.15) is 32.9 Å². The number of nitrogens with zero attached hydrogens (tertiary/aromatic N) is 1. The van der Waals surface area contributed by atoms with Gasteiger partial charge in [0.05, 0.1) is 25.1 Å². The van der Waals surface area contributed by atoms with Crippen molar-refractivity contribution >= 4 is 23.7 Å². The van der Waals surface area contributed by atoms with Crippen LogP contribution in [0.25, 0.3) is 0 Å². The van der Waals surface area contributed by atoms with Gasteiger partial charge in [-0.3, -0.25) is 14.4 Å². The molecule has 3 amide bonds. The highest BCUT2D eigenvalue weighted by atomic mass is 16.4. The molecule has 0 saturated heterocycles. The Morgan fingerprint density at radius 1 is 1.09 bits per heavy atom. The normalized spacial score (nSPS) is 16.7. The Hall–Kier alpha value is -3.03. The van der Waals surface area contributed by atoms with Crippen LogP contribution in [0.4, 0.5) is 0 Å². The summed E-state index contributed by atoms with van der Waals surface area (Å²) in [7, 11) is 0. The molecule has 1 aromatic rings. The van der Waals surface area contributed by atoms with Gasteiger partial charge in [0.25, 0.3) is 0 Å². The smallest absolute Gasteiger partial charge is 0.328 e. The molecule has 1 rings (SSSR count). The Bertz CT molecular complexity index is 770. The third kappa shape index (κ3) is 7.90. The third-order valence-corrected chi connectivity index (χ3v) is 5.03. The van der Waals surface area contributed by atoms with Crippen LogP contribution in [0.15, 0.2) is 12.5 Å². The van der Waals surface area contributed by atoms with E-state index in [2.05, 4.69) is 20.6 Å². The summed E-state index contributed by atoms with van der Waals surface area (Å²) in [5.74, 6) is -4.02. The predicted molar refractivity (Wildman–Crippen MR) is 112 cm³/mol. The van der Waals surface area contributed by atoms with E-state index in [9.17, 15) is 24.3 Å². The standard InChI is InChI=1S/C19H32N6O7/c1-4-9(2)14(20)17(29)23-12(5-11-6-21-8-22-11)16(28)25-15(10(3)27)18(30)24-13(7-26)19(31)32/h6,8-10,12-15,26-27H,4-5,7,20H2,1-3H3,(H,21,22)(H,23,29)(H,24,30)(H,25,28)(H,31,32). The number of carbonyl (C=O) groups excluding carboxylic acids is 3. The molecular weight excluding hydrogens is 424 g/mol. The van der Waals surface area contributed by atoms with Crippen molar-refractivity contribution < 1.29 is 34.5 Å². The molecule has 0 aliphatic heterocycles. The molecule has 0 aliphatic carbocycles. The van der Waals surface area contributed by atoms with E-state index in [0.717, 1.165) is 0 Å². The molecule has 9 N–H and O–H groups in total. The van der Waals surface area contributed by atoms with E-state index in [-0.39, 0.29) is 12.3 Å². The summed E-state index contributed by atoms with van der Waals surface area (Å²) in [6, 6.07) is -5.19. The van der Waals surface area contributed by atoms with Crippen molar-refractivity contribution in [3.8, 4) is 0 Å². The van der Waals surface area contributed by atoms with Crippen molar-refractivity contribution in [2.24, 2.45) is 11.7 Å². The first-order valence-electron chi connectivity index (χ1n) is 10.2. The van der Waals surface area contributed by atoms with Crippen LogP contribution < -0.4 is 21.7 Å². The zero-order valence-electron chi connectivity index (χ0n) is 18.2. The molecule has 0 bridgehead atoms. The molecule has 1 heterocycles. The van der Waals surface area contributed by atoms with Gasteiger partial charge in [-0.2, -0.15) is 0 Å². The van der Waals surface area contributed by atoms with Gasteiger partial charge in [-0.15, -0.1) is 0 Å². The second-order valence-corrected chi connectivity index (χ2v) is 7.56. The number of hydrogen-bond acceptors (Lipinski definition) is 8. The molecule has 6 atom stereocenters. The Morgan fingerprint density at radius 2 is 1.72 bits per heavy atom. The van der Waals surface area contributed by atoms with Gasteiger partial charge >= 0.3 is 5.97 Å². The van der Waals surface area contributed by atoms with Crippen LogP contribution in [0.3, 0.4) is 0 Å². The molecule has 0 aromatic carbocycles. The lowest BCUT2D eigenvalue weighted by Crippen LogP contribution is -2.60. The number of hydrogen-bond donors (Lipinski definition) is 8. The second kappa shape index (κ2) is 12.7. The molecule has 13 heteroatoms. The lowest BCUT2D eigenvalue weighted by atomic mass is 9.98. The lowest BCUT2D eigenvalue weighted by molar-refractivity contribution is -0.144. The first-order chi connectivity index (χ1) is 15.0. The number of aliphatic hydroxyl groups excluding tert-OH is 2. The fourth-order valence-corrected chi connectivity index (χ4v) is 2.71. The molecule has 13 nitrogen and oxygen atoms in total. The fourth-order valence-electron chi connectivity index (χ4n) is 2.71. The quantitative estimate of drug-likeness (QED) is 0.154. The highest BCUT2D eigenvalue weighted by Crippen LogP contribution is 2.07. The minimum atomic E-state index is -1.62. The van der Waals surface area contributed by atoms with E-state index in [0.29, 0.717) is 12.1 Å². The number of aromatic amines is 1. The average Bonchev–Trinajstić information content (AvgIpc) is 3.26. The predicted octanol–water partition coefficient (Wildman–Crippen LogP) is -2.76. The van der Waals surface area contributed by atoms with E-state index in [1.54, 1.807) is 6.92 Å². The average molecular weight is 457 g/mol. The first-order valence-corrected chi connectivity index (χ1v) is 10.2. The van der Waals surface area contributed by atoms with Crippen LogP contribution in [0.5, 0.6) is 0 Å². The summed E-state index contributed by atoms with van der Waals surface area (Å²) in [4.78, 5) is 55.6. The Balaban J connectivity index is 3.01. The number of imidazole rings is 1. The van der Waals surface area contributed by atoms with Gasteiger partial charge in [0.2, 0.25) is 17.7 Å². The molecule has 6 unspecified atom stereocenters. The summed E-state index contributed by atoms with van der Waals surface area (Å²) < 4.78 is 0. The van der Waals surface area contributed by atoms with Gasteiger partial charge in [-0.05, 0) is 12.8 Å². The van der Waals surface area contributed by atoms with Gasteiger partial charge in [0, 0.05) is 18.3 Å². The van der Waals surface area contributed by atoms with Crippen molar-refractivity contribution in [3.05, 3.63) is 18.2 Å². The molecular formula is C19H32N6O7. The number of carboxylic acid groups (broad SMARTS) is 1. The van der Waals surface area contributed by atoms with Crippen molar-refractivity contribution in [2.75, 3.05) is 6.61 Å². The van der Waals surface area contributed by atoms with E-state index < -0.39 is 60.6 Å². The topological polar surface area (TPSA) is 220 Å². The number of amides is 3. The maximum Gasteiger partial charge on any atom is 0.328 e. The Labute approximate surface area is 185 Å². The Morgan fingerprint density at radius 3 is 2.19 bits per heavy atom. The first kappa shape index (κ1) is 27.0. The number of carbonyl (C=O) groups is 4. The third-order valence-electron chi connectivity index (χ3n) is 5.03. The van der Waals surface area contributed by atoms with Crippen LogP contribution in [-0.2, 0) is 25.6 Å². The molecule has 0 saturated carbocycles. The van der Waals surface area contributed by atoms with Crippen LogP contribution in [0.2, 0.25) is 0 Å². The van der Waals surface area contributed by atoms with Crippen LogP contribution in [0, 0.1) is 5.92 Å².